The van der Waals surface area contributed by atoms with E-state index in [1.165, 1.54) is 0 Å². The molecule has 0 aromatic carbocycles. The zero-order chi connectivity index (χ0) is 10.0. The molecule has 0 radical (unpaired) electrons. The van der Waals surface area contributed by atoms with Crippen molar-refractivity contribution >= 4 is 35.0 Å². The normalized spacial score (nSPS) is 9.69. The molecular formula is C7H3Cl2NO3. The maximum atomic E-state index is 10.9. The number of hydrogen-bond donors (Lipinski definition) is 1. The summed E-state index contributed by atoms with van der Waals surface area (Å²) >= 11 is 11.0. The Labute approximate surface area is 83.1 Å². The van der Waals surface area contributed by atoms with Crippen LogP contribution in [0.3, 0.4) is 0 Å². The Bertz CT molecular complexity index is 378. The summed E-state index contributed by atoms with van der Waals surface area (Å²) < 4.78 is 0. The van der Waals surface area contributed by atoms with Crippen LogP contribution < -0.4 is 0 Å². The third-order valence-corrected chi connectivity index (χ3v) is 1.94. The fraction of sp³-hybridized carbons (Fsp3) is 0. The number of carboxylic acid groups (broad SMARTS) is 1. The fourth-order valence-corrected chi connectivity index (χ4v) is 0.939. The highest BCUT2D eigenvalue weighted by atomic mass is 35.5. The average molecular weight is 220 g/mol. The number of aromatic nitrogens is 1. The van der Waals surface area contributed by atoms with E-state index in [0.29, 0.717) is 0 Å². The van der Waals surface area contributed by atoms with Crippen LogP contribution in [0.25, 0.3) is 0 Å². The number of halogens is 2. The largest absolute Gasteiger partial charge is 0.475 e. The van der Waals surface area contributed by atoms with Gasteiger partial charge in [0.25, 0.3) is 5.78 Å². The van der Waals surface area contributed by atoms with Crippen molar-refractivity contribution in [3.05, 3.63) is 28.0 Å². The highest BCUT2D eigenvalue weighted by Gasteiger charge is 2.15. The van der Waals surface area contributed by atoms with Gasteiger partial charge in [0.2, 0.25) is 0 Å². The van der Waals surface area contributed by atoms with E-state index in [2.05, 4.69) is 4.98 Å². The number of Topliss-reactive ketones (excluding diaryl/α,β-unsaturated/α-hetero) is 1. The molecule has 0 aliphatic carbocycles. The van der Waals surface area contributed by atoms with Crippen LogP contribution >= 0.6 is 23.2 Å². The molecule has 1 aromatic heterocycles. The Morgan fingerprint density at radius 1 is 1.38 bits per heavy atom. The van der Waals surface area contributed by atoms with Gasteiger partial charge in [0.05, 0.1) is 5.02 Å². The summed E-state index contributed by atoms with van der Waals surface area (Å²) in [7, 11) is 0. The first-order valence-corrected chi connectivity index (χ1v) is 3.86. The maximum absolute atomic E-state index is 10.9. The van der Waals surface area contributed by atoms with Gasteiger partial charge in [-0.1, -0.05) is 23.2 Å². The first kappa shape index (κ1) is 9.95. The average Bonchev–Trinajstić information content (AvgIpc) is 2.08. The summed E-state index contributed by atoms with van der Waals surface area (Å²) in [5.74, 6) is -2.62. The SMILES string of the molecule is O=C(O)C(=O)c1cnc(Cl)c(Cl)c1. The smallest absolute Gasteiger partial charge is 0.377 e. The Kier molecular flexibility index (Phi) is 2.85. The summed E-state index contributed by atoms with van der Waals surface area (Å²) in [6, 6.07) is 1.16. The van der Waals surface area contributed by atoms with Crippen LogP contribution in [0.2, 0.25) is 10.2 Å². The highest BCUT2D eigenvalue weighted by molar-refractivity contribution is 6.43. The van der Waals surface area contributed by atoms with E-state index in [1.54, 1.807) is 0 Å². The second kappa shape index (κ2) is 3.72. The summed E-state index contributed by atoms with van der Waals surface area (Å²) in [5, 5.41) is 8.42. The van der Waals surface area contributed by atoms with Crippen molar-refractivity contribution in [2.45, 2.75) is 0 Å². The van der Waals surface area contributed by atoms with Crippen LogP contribution in [0, 0.1) is 0 Å². The predicted octanol–water partition coefficient (Wildman–Crippen LogP) is 1.66. The van der Waals surface area contributed by atoms with Gasteiger partial charge in [-0.15, -0.1) is 0 Å². The number of pyridine rings is 1. The van der Waals surface area contributed by atoms with Gasteiger partial charge in [0.15, 0.2) is 0 Å². The highest BCUT2D eigenvalue weighted by Crippen LogP contribution is 2.19. The molecular weight excluding hydrogens is 217 g/mol. The van der Waals surface area contributed by atoms with Crippen molar-refractivity contribution in [1.82, 2.24) is 4.98 Å². The van der Waals surface area contributed by atoms with Crippen molar-refractivity contribution in [1.29, 1.82) is 0 Å². The molecule has 4 nitrogen and oxygen atoms in total. The van der Waals surface area contributed by atoms with Crippen LogP contribution in [-0.2, 0) is 4.79 Å². The predicted molar refractivity (Wildman–Crippen MR) is 46.2 cm³/mol. The number of carbonyl (C=O) groups excluding carboxylic acids is 1. The van der Waals surface area contributed by atoms with Crippen LogP contribution in [0.15, 0.2) is 12.3 Å². The van der Waals surface area contributed by atoms with Gasteiger partial charge in [0, 0.05) is 11.8 Å². The molecule has 0 aliphatic rings. The first-order valence-electron chi connectivity index (χ1n) is 3.11. The van der Waals surface area contributed by atoms with E-state index < -0.39 is 11.8 Å². The monoisotopic (exact) mass is 219 g/mol. The lowest BCUT2D eigenvalue weighted by molar-refractivity contribution is -0.131. The maximum Gasteiger partial charge on any atom is 0.377 e. The van der Waals surface area contributed by atoms with Crippen molar-refractivity contribution < 1.29 is 14.7 Å². The molecule has 0 bridgehead atoms. The Morgan fingerprint density at radius 2 is 2.00 bits per heavy atom. The first-order chi connectivity index (χ1) is 6.02. The standard InChI is InChI=1S/C7H3Cl2NO3/c8-4-1-3(2-10-6(4)9)5(11)7(12)13/h1-2H,(H,12,13). The molecule has 13 heavy (non-hydrogen) atoms. The minimum absolute atomic E-state index is 0.0311. The Hall–Kier alpha value is -1.13. The minimum atomic E-state index is -1.56. The van der Waals surface area contributed by atoms with Crippen molar-refractivity contribution in [3.8, 4) is 0 Å². The molecule has 0 aliphatic heterocycles. The number of ketones is 1. The van der Waals surface area contributed by atoms with Gasteiger partial charge < -0.3 is 5.11 Å². The van der Waals surface area contributed by atoms with Crippen molar-refractivity contribution in [3.63, 3.8) is 0 Å². The number of carbonyl (C=O) groups is 2. The molecule has 0 fully saturated rings. The molecule has 1 rings (SSSR count). The zero-order valence-electron chi connectivity index (χ0n) is 6.12. The molecule has 1 aromatic rings. The quantitative estimate of drug-likeness (QED) is 0.467. The fourth-order valence-electron chi connectivity index (χ4n) is 0.669. The van der Waals surface area contributed by atoms with Gasteiger partial charge in [-0.3, -0.25) is 4.79 Å². The molecule has 0 atom stereocenters. The molecule has 0 saturated heterocycles. The van der Waals surface area contributed by atoms with E-state index in [1.807, 2.05) is 0 Å². The molecule has 1 heterocycles. The number of aliphatic carboxylic acids is 1. The van der Waals surface area contributed by atoms with E-state index in [0.717, 1.165) is 12.3 Å². The molecule has 68 valence electrons. The van der Waals surface area contributed by atoms with Crippen LogP contribution in [0.1, 0.15) is 10.4 Å². The molecule has 0 unspecified atom stereocenters. The van der Waals surface area contributed by atoms with E-state index in [4.69, 9.17) is 28.3 Å². The van der Waals surface area contributed by atoms with Crippen molar-refractivity contribution in [2.24, 2.45) is 0 Å². The van der Waals surface area contributed by atoms with Crippen LogP contribution in [-0.4, -0.2) is 21.8 Å². The summed E-state index contributed by atoms with van der Waals surface area (Å²) in [4.78, 5) is 24.6. The third kappa shape index (κ3) is 2.17. The molecule has 6 heteroatoms. The number of hydrogen-bond acceptors (Lipinski definition) is 3. The minimum Gasteiger partial charge on any atom is -0.475 e. The number of rotatable bonds is 2. The van der Waals surface area contributed by atoms with Crippen LogP contribution in [0.5, 0.6) is 0 Å². The van der Waals surface area contributed by atoms with Gasteiger partial charge in [0.1, 0.15) is 5.15 Å². The second-order valence-corrected chi connectivity index (χ2v) is 2.90. The van der Waals surface area contributed by atoms with Gasteiger partial charge in [-0.2, -0.15) is 0 Å². The lowest BCUT2D eigenvalue weighted by atomic mass is 10.2. The molecule has 1 N–H and O–H groups in total. The molecule has 0 amide bonds. The second-order valence-electron chi connectivity index (χ2n) is 2.13. The molecule has 0 saturated carbocycles. The lowest BCUT2D eigenvalue weighted by Gasteiger charge is -1.97. The van der Waals surface area contributed by atoms with E-state index in [9.17, 15) is 9.59 Å². The third-order valence-electron chi connectivity index (χ3n) is 1.25. The molecule has 0 spiro atoms. The van der Waals surface area contributed by atoms with Crippen molar-refractivity contribution in [2.75, 3.05) is 0 Å². The topological polar surface area (TPSA) is 67.3 Å². The van der Waals surface area contributed by atoms with Gasteiger partial charge in [-0.25, -0.2) is 9.78 Å². The van der Waals surface area contributed by atoms with Gasteiger partial charge in [-0.05, 0) is 6.07 Å². The van der Waals surface area contributed by atoms with Crippen LogP contribution in [0.4, 0.5) is 0 Å². The van der Waals surface area contributed by atoms with E-state index in [-0.39, 0.29) is 15.7 Å². The summed E-state index contributed by atoms with van der Waals surface area (Å²) in [6.45, 7) is 0. The number of nitrogens with zero attached hydrogens (tertiary/aromatic N) is 1. The number of carboxylic acids is 1. The lowest BCUT2D eigenvalue weighted by Crippen LogP contribution is -2.12. The zero-order valence-corrected chi connectivity index (χ0v) is 7.63. The summed E-state index contributed by atoms with van der Waals surface area (Å²) in [5.41, 5.74) is -0.0955. The summed E-state index contributed by atoms with van der Waals surface area (Å²) in [6.07, 6.45) is 1.06. The Morgan fingerprint density at radius 3 is 2.46 bits per heavy atom. The van der Waals surface area contributed by atoms with Gasteiger partial charge >= 0.3 is 5.97 Å². The Balaban J connectivity index is 3.11. The van der Waals surface area contributed by atoms with E-state index >= 15 is 0 Å².